The van der Waals surface area contributed by atoms with Gasteiger partial charge >= 0.3 is 0 Å². The highest BCUT2D eigenvalue weighted by Crippen LogP contribution is 2.14. The molecular weight excluding hydrogens is 356 g/mol. The van der Waals surface area contributed by atoms with E-state index in [4.69, 9.17) is 4.74 Å². The summed E-state index contributed by atoms with van der Waals surface area (Å²) in [5.74, 6) is 0.187. The lowest BCUT2D eigenvalue weighted by Gasteiger charge is -2.08. The summed E-state index contributed by atoms with van der Waals surface area (Å²) < 4.78 is 6.73. The Labute approximate surface area is 162 Å². The lowest BCUT2D eigenvalue weighted by Crippen LogP contribution is -2.28. The SMILES string of the molecule is C=CCOc1cccc(/C=N\NC(=O)c2nn(CC)c(=O)c3ccccc23)c1. The molecule has 0 atom stereocenters. The number of nitrogens with one attached hydrogen (secondary N) is 1. The van der Waals surface area contributed by atoms with Crippen molar-refractivity contribution in [1.29, 1.82) is 0 Å². The topological polar surface area (TPSA) is 85.6 Å². The maximum atomic E-state index is 12.6. The van der Waals surface area contributed by atoms with Gasteiger partial charge in [-0.15, -0.1) is 0 Å². The second-order valence-corrected chi connectivity index (χ2v) is 5.89. The molecular formula is C21H20N4O3. The third kappa shape index (κ3) is 4.15. The number of ether oxygens (including phenoxy) is 1. The number of carbonyl (C=O) groups excluding carboxylic acids is 1. The molecule has 7 heteroatoms. The Kier molecular flexibility index (Phi) is 5.96. The van der Waals surface area contributed by atoms with Crippen LogP contribution in [0.5, 0.6) is 5.75 Å². The van der Waals surface area contributed by atoms with Gasteiger partial charge in [0.25, 0.3) is 11.5 Å². The molecule has 0 bridgehead atoms. The van der Waals surface area contributed by atoms with Crippen LogP contribution in [0.25, 0.3) is 10.8 Å². The molecule has 1 N–H and O–H groups in total. The summed E-state index contributed by atoms with van der Waals surface area (Å²) in [6.45, 7) is 6.18. The molecule has 142 valence electrons. The van der Waals surface area contributed by atoms with Crippen molar-refractivity contribution in [1.82, 2.24) is 15.2 Å². The van der Waals surface area contributed by atoms with Gasteiger partial charge in [0.1, 0.15) is 12.4 Å². The average molecular weight is 376 g/mol. The highest BCUT2D eigenvalue weighted by molar-refractivity contribution is 6.04. The number of rotatable bonds is 7. The van der Waals surface area contributed by atoms with Crippen molar-refractivity contribution in [3.63, 3.8) is 0 Å². The van der Waals surface area contributed by atoms with E-state index in [1.54, 1.807) is 43.3 Å². The Bertz CT molecular complexity index is 1100. The van der Waals surface area contributed by atoms with E-state index >= 15 is 0 Å². The van der Waals surface area contributed by atoms with E-state index < -0.39 is 5.91 Å². The van der Waals surface area contributed by atoms with Crippen LogP contribution >= 0.6 is 0 Å². The Morgan fingerprint density at radius 1 is 1.25 bits per heavy atom. The molecule has 0 spiro atoms. The van der Waals surface area contributed by atoms with E-state index in [2.05, 4.69) is 22.2 Å². The van der Waals surface area contributed by atoms with Gasteiger partial charge in [-0.05, 0) is 30.7 Å². The number of hydrazone groups is 1. The quantitative estimate of drug-likeness (QED) is 0.390. The van der Waals surface area contributed by atoms with Crippen LogP contribution in [0.1, 0.15) is 23.0 Å². The fourth-order valence-electron chi connectivity index (χ4n) is 2.68. The standard InChI is InChI=1S/C21H20N4O3/c1-3-12-28-16-9-7-8-15(13-16)14-22-23-20(26)19-17-10-5-6-11-18(17)21(27)25(4-2)24-19/h3,5-11,13-14H,1,4,12H2,2H3,(H,23,26)/b22-14-. The van der Waals surface area contributed by atoms with Crippen LogP contribution < -0.4 is 15.7 Å². The van der Waals surface area contributed by atoms with Gasteiger partial charge < -0.3 is 4.74 Å². The minimum Gasteiger partial charge on any atom is -0.490 e. The lowest BCUT2D eigenvalue weighted by molar-refractivity contribution is 0.0949. The lowest BCUT2D eigenvalue weighted by atomic mass is 10.1. The summed E-state index contributed by atoms with van der Waals surface area (Å²) in [6, 6.07) is 14.2. The number of fused-ring (bicyclic) bond motifs is 1. The molecule has 0 saturated heterocycles. The van der Waals surface area contributed by atoms with Crippen molar-refractivity contribution >= 4 is 22.9 Å². The molecule has 0 saturated carbocycles. The van der Waals surface area contributed by atoms with Crippen LogP contribution in [0.3, 0.4) is 0 Å². The van der Waals surface area contributed by atoms with Gasteiger partial charge in [-0.25, -0.2) is 10.1 Å². The number of hydrogen-bond donors (Lipinski definition) is 1. The Hall–Kier alpha value is -3.74. The number of carbonyl (C=O) groups is 1. The number of aryl methyl sites for hydroxylation is 1. The molecule has 3 aromatic rings. The predicted molar refractivity (Wildman–Crippen MR) is 109 cm³/mol. The summed E-state index contributed by atoms with van der Waals surface area (Å²) in [4.78, 5) is 25.0. The molecule has 0 aliphatic heterocycles. The summed E-state index contributed by atoms with van der Waals surface area (Å²) in [5.41, 5.74) is 3.15. The van der Waals surface area contributed by atoms with Crippen molar-refractivity contribution in [3.8, 4) is 5.75 Å². The van der Waals surface area contributed by atoms with E-state index in [-0.39, 0.29) is 11.3 Å². The molecule has 0 radical (unpaired) electrons. The maximum Gasteiger partial charge on any atom is 0.292 e. The molecule has 7 nitrogen and oxygen atoms in total. The first-order chi connectivity index (χ1) is 13.6. The maximum absolute atomic E-state index is 12.6. The Morgan fingerprint density at radius 3 is 2.79 bits per heavy atom. The monoisotopic (exact) mass is 376 g/mol. The average Bonchev–Trinajstić information content (AvgIpc) is 2.73. The van der Waals surface area contributed by atoms with E-state index in [9.17, 15) is 9.59 Å². The van der Waals surface area contributed by atoms with Crippen LogP contribution in [0.15, 0.2) is 71.1 Å². The van der Waals surface area contributed by atoms with Crippen LogP contribution in [-0.2, 0) is 6.54 Å². The molecule has 0 fully saturated rings. The molecule has 1 heterocycles. The normalized spacial score (nSPS) is 10.9. The fourth-order valence-corrected chi connectivity index (χ4v) is 2.68. The van der Waals surface area contributed by atoms with Gasteiger partial charge in [0.15, 0.2) is 5.69 Å². The zero-order valence-corrected chi connectivity index (χ0v) is 15.5. The molecule has 0 aliphatic carbocycles. The zero-order chi connectivity index (χ0) is 19.9. The smallest absolute Gasteiger partial charge is 0.292 e. The first-order valence-electron chi connectivity index (χ1n) is 8.81. The van der Waals surface area contributed by atoms with Crippen LogP contribution in [0.4, 0.5) is 0 Å². The summed E-state index contributed by atoms with van der Waals surface area (Å²) in [7, 11) is 0. The van der Waals surface area contributed by atoms with Gasteiger partial charge in [0.2, 0.25) is 0 Å². The summed E-state index contributed by atoms with van der Waals surface area (Å²) >= 11 is 0. The number of nitrogens with zero attached hydrogens (tertiary/aromatic N) is 3. The zero-order valence-electron chi connectivity index (χ0n) is 15.5. The molecule has 0 aliphatic rings. The van der Waals surface area contributed by atoms with Crippen LogP contribution in [0.2, 0.25) is 0 Å². The molecule has 0 unspecified atom stereocenters. The minimum atomic E-state index is -0.492. The number of hydrogen-bond acceptors (Lipinski definition) is 5. The summed E-state index contributed by atoms with van der Waals surface area (Å²) in [6.07, 6.45) is 3.17. The second-order valence-electron chi connectivity index (χ2n) is 5.89. The molecule has 3 rings (SSSR count). The second kappa shape index (κ2) is 8.77. The van der Waals surface area contributed by atoms with E-state index in [0.29, 0.717) is 29.7 Å². The molecule has 2 aromatic carbocycles. The van der Waals surface area contributed by atoms with Gasteiger partial charge in [-0.2, -0.15) is 10.2 Å². The number of aromatic nitrogens is 2. The van der Waals surface area contributed by atoms with Gasteiger partial charge in [0.05, 0.1) is 11.6 Å². The fraction of sp³-hybridized carbons (Fsp3) is 0.143. The first-order valence-corrected chi connectivity index (χ1v) is 8.81. The van der Waals surface area contributed by atoms with Crippen molar-refractivity contribution in [2.75, 3.05) is 6.61 Å². The van der Waals surface area contributed by atoms with Gasteiger partial charge in [0, 0.05) is 11.9 Å². The van der Waals surface area contributed by atoms with Crippen molar-refractivity contribution in [2.24, 2.45) is 5.10 Å². The third-order valence-corrected chi connectivity index (χ3v) is 3.99. The molecule has 1 aromatic heterocycles. The highest BCUT2D eigenvalue weighted by Gasteiger charge is 2.15. The molecule has 1 amide bonds. The van der Waals surface area contributed by atoms with Crippen molar-refractivity contribution < 1.29 is 9.53 Å². The van der Waals surface area contributed by atoms with E-state index in [1.165, 1.54) is 10.9 Å². The minimum absolute atomic E-state index is 0.150. The van der Waals surface area contributed by atoms with Gasteiger partial charge in [-0.1, -0.05) is 43.0 Å². The highest BCUT2D eigenvalue weighted by atomic mass is 16.5. The van der Waals surface area contributed by atoms with Gasteiger partial charge in [-0.3, -0.25) is 9.59 Å². The summed E-state index contributed by atoms with van der Waals surface area (Å²) in [5, 5.41) is 9.11. The van der Waals surface area contributed by atoms with Crippen molar-refractivity contribution in [2.45, 2.75) is 13.5 Å². The van der Waals surface area contributed by atoms with Crippen LogP contribution in [0, 0.1) is 0 Å². The van der Waals surface area contributed by atoms with E-state index in [0.717, 1.165) is 5.56 Å². The van der Waals surface area contributed by atoms with E-state index in [1.807, 2.05) is 18.2 Å². The molecule has 28 heavy (non-hydrogen) atoms. The largest absolute Gasteiger partial charge is 0.490 e. The third-order valence-electron chi connectivity index (χ3n) is 3.99. The first kappa shape index (κ1) is 19.0. The number of benzene rings is 2. The Balaban J connectivity index is 1.82. The predicted octanol–water partition coefficient (Wildman–Crippen LogP) is 2.75. The van der Waals surface area contributed by atoms with Crippen LogP contribution in [-0.4, -0.2) is 28.5 Å². The van der Waals surface area contributed by atoms with Crippen molar-refractivity contribution in [3.05, 3.63) is 82.8 Å². The number of amides is 1. The Morgan fingerprint density at radius 2 is 2.04 bits per heavy atom.